The first-order chi connectivity index (χ1) is 14.0. The predicted octanol–water partition coefficient (Wildman–Crippen LogP) is 3.38. The highest BCUT2D eigenvalue weighted by Gasteiger charge is 2.67. The van der Waals surface area contributed by atoms with Gasteiger partial charge in [0.15, 0.2) is 10.8 Å². The Bertz CT molecular complexity index is 1090. The minimum Gasteiger partial charge on any atom is -0.366 e. The molecule has 0 radical (unpaired) electrons. The number of nitrogens with zero attached hydrogens (tertiary/aromatic N) is 5. The second-order valence-corrected chi connectivity index (χ2v) is 8.38. The van der Waals surface area contributed by atoms with E-state index < -0.39 is 21.0 Å². The number of nitro benzene ring substituents is 1. The molecule has 0 amide bonds. The van der Waals surface area contributed by atoms with E-state index in [1.807, 2.05) is 24.3 Å². The van der Waals surface area contributed by atoms with Gasteiger partial charge in [0.1, 0.15) is 0 Å². The Morgan fingerprint density at radius 1 is 1.07 bits per heavy atom. The number of ether oxygens (including phenoxy) is 1. The van der Waals surface area contributed by atoms with Crippen LogP contribution in [0.15, 0.2) is 40.3 Å². The van der Waals surface area contributed by atoms with Gasteiger partial charge in [0.2, 0.25) is 0 Å². The Balaban J connectivity index is 1.95. The second kappa shape index (κ2) is 6.61. The summed E-state index contributed by atoms with van der Waals surface area (Å²) in [5.41, 5.74) is -2.49. The number of hydrogen-bond donors (Lipinski definition) is 0. The van der Waals surface area contributed by atoms with Crippen molar-refractivity contribution in [2.45, 2.75) is 41.6 Å². The number of benzene rings is 1. The molecule has 0 aromatic heterocycles. The van der Waals surface area contributed by atoms with Gasteiger partial charge in [-0.15, -0.1) is 11.8 Å². The summed E-state index contributed by atoms with van der Waals surface area (Å²) in [5, 5.41) is 50.5. The number of para-hydroxylation sites is 1. The number of fused-ring (bicyclic) bond motifs is 4. The normalized spacial score (nSPS) is 27.8. The van der Waals surface area contributed by atoms with Crippen LogP contribution in [0.3, 0.4) is 0 Å². The highest BCUT2D eigenvalue weighted by molar-refractivity contribution is 8.00. The van der Waals surface area contributed by atoms with Gasteiger partial charge in [-0.25, -0.2) is 0 Å². The molecule has 0 unspecified atom stereocenters. The Morgan fingerprint density at radius 2 is 1.72 bits per heavy atom. The quantitative estimate of drug-likeness (QED) is 0.424. The van der Waals surface area contributed by atoms with E-state index in [4.69, 9.17) is 4.74 Å². The van der Waals surface area contributed by atoms with E-state index in [1.54, 1.807) is 12.1 Å². The van der Waals surface area contributed by atoms with E-state index in [1.165, 1.54) is 12.1 Å². The van der Waals surface area contributed by atoms with Crippen molar-refractivity contribution in [3.63, 3.8) is 0 Å². The van der Waals surface area contributed by atoms with Gasteiger partial charge in [-0.3, -0.25) is 10.1 Å². The zero-order valence-corrected chi connectivity index (χ0v) is 15.8. The van der Waals surface area contributed by atoms with Crippen molar-refractivity contribution in [1.82, 2.24) is 0 Å². The molecule has 3 aliphatic rings. The summed E-state index contributed by atoms with van der Waals surface area (Å²) in [4.78, 5) is 11.2. The first kappa shape index (κ1) is 19.0. The molecule has 1 fully saturated rings. The van der Waals surface area contributed by atoms with Crippen LogP contribution in [0.4, 0.5) is 5.69 Å². The lowest BCUT2D eigenvalue weighted by Gasteiger charge is -2.44. The molecule has 8 nitrogen and oxygen atoms in total. The van der Waals surface area contributed by atoms with Gasteiger partial charge in [-0.05, 0) is 30.1 Å². The van der Waals surface area contributed by atoms with Crippen LogP contribution in [-0.2, 0) is 4.74 Å². The molecule has 0 spiro atoms. The molecule has 1 aliphatic carbocycles. The van der Waals surface area contributed by atoms with E-state index in [-0.39, 0.29) is 29.2 Å². The lowest BCUT2D eigenvalue weighted by Crippen LogP contribution is -2.51. The molecule has 9 heteroatoms. The maximum atomic E-state index is 11.5. The van der Waals surface area contributed by atoms with Gasteiger partial charge in [0.05, 0.1) is 51.6 Å². The second-order valence-electron chi connectivity index (χ2n) is 7.23. The standard InChI is InChI=1S/C20H13N5O3S/c21-8-19(9-22)7-12-14-5-6-15(28-14)17(12)18(20(19,10-23)11-24)29-16-4-2-1-3-13(16)25(26)27/h1-4,14-15,18H,5-7H2/t14-,15+,18-/m0/s1. The smallest absolute Gasteiger partial charge is 0.282 e. The topological polar surface area (TPSA) is 148 Å². The van der Waals surface area contributed by atoms with Crippen molar-refractivity contribution in [2.75, 3.05) is 0 Å². The molecule has 1 aromatic rings. The maximum Gasteiger partial charge on any atom is 0.282 e. The molecule has 2 bridgehead atoms. The molecule has 4 rings (SSSR count). The zero-order chi connectivity index (χ0) is 20.8. The van der Waals surface area contributed by atoms with Crippen molar-refractivity contribution in [1.29, 1.82) is 21.0 Å². The van der Waals surface area contributed by atoms with Crippen LogP contribution in [0.2, 0.25) is 0 Å². The third kappa shape index (κ3) is 2.39. The summed E-state index contributed by atoms with van der Waals surface area (Å²) in [6, 6.07) is 13.9. The zero-order valence-electron chi connectivity index (χ0n) is 15.0. The van der Waals surface area contributed by atoms with Gasteiger partial charge in [-0.1, -0.05) is 12.1 Å². The van der Waals surface area contributed by atoms with E-state index in [9.17, 15) is 31.2 Å². The Labute approximate surface area is 170 Å². The number of thioether (sulfide) groups is 1. The Kier molecular flexibility index (Phi) is 4.32. The van der Waals surface area contributed by atoms with Crippen LogP contribution in [0.25, 0.3) is 0 Å². The summed E-state index contributed by atoms with van der Waals surface area (Å²) in [7, 11) is 0. The van der Waals surface area contributed by atoms with E-state index in [2.05, 4.69) is 0 Å². The van der Waals surface area contributed by atoms with E-state index >= 15 is 0 Å². The molecule has 3 atom stereocenters. The van der Waals surface area contributed by atoms with Gasteiger partial charge in [-0.2, -0.15) is 21.0 Å². The first-order valence-electron chi connectivity index (χ1n) is 8.90. The van der Waals surface area contributed by atoms with Crippen LogP contribution < -0.4 is 0 Å². The third-order valence-corrected chi connectivity index (χ3v) is 7.41. The fourth-order valence-corrected chi connectivity index (χ4v) is 6.14. The van der Waals surface area contributed by atoms with Crippen molar-refractivity contribution in [2.24, 2.45) is 10.8 Å². The predicted molar refractivity (Wildman–Crippen MR) is 99.6 cm³/mol. The van der Waals surface area contributed by atoms with Crippen molar-refractivity contribution < 1.29 is 9.66 Å². The van der Waals surface area contributed by atoms with Gasteiger partial charge >= 0.3 is 0 Å². The summed E-state index contributed by atoms with van der Waals surface area (Å²) in [6.07, 6.45) is 0.917. The fraction of sp³-hybridized carbons (Fsp3) is 0.400. The Morgan fingerprint density at radius 3 is 2.34 bits per heavy atom. The average Bonchev–Trinajstić information content (AvgIpc) is 3.35. The van der Waals surface area contributed by atoms with Crippen LogP contribution >= 0.6 is 11.8 Å². The summed E-state index contributed by atoms with van der Waals surface area (Å²) in [5.74, 6) is 0. The summed E-state index contributed by atoms with van der Waals surface area (Å²) in [6.45, 7) is 0. The van der Waals surface area contributed by atoms with Crippen LogP contribution in [0.1, 0.15) is 19.3 Å². The fourth-order valence-electron chi connectivity index (χ4n) is 4.55. The number of nitro groups is 1. The molecule has 0 saturated carbocycles. The monoisotopic (exact) mass is 403 g/mol. The SMILES string of the molecule is N#CC1(C#N)CC2=C([C@H]3CC[C@@H]2O3)[C@H](Sc2ccccc2[N+](=O)[O-])C1(C#N)C#N. The average molecular weight is 403 g/mol. The van der Waals surface area contributed by atoms with Crippen LogP contribution in [0.5, 0.6) is 0 Å². The minimum absolute atomic E-state index is 0.0223. The molecule has 1 aromatic carbocycles. The number of rotatable bonds is 3. The summed E-state index contributed by atoms with van der Waals surface area (Å²) >= 11 is 0.998. The van der Waals surface area contributed by atoms with Gasteiger partial charge < -0.3 is 4.74 Å². The van der Waals surface area contributed by atoms with Crippen molar-refractivity contribution in [3.05, 3.63) is 45.5 Å². The molecule has 0 N–H and O–H groups in total. The van der Waals surface area contributed by atoms with Crippen LogP contribution in [0, 0.1) is 66.3 Å². The molecule has 2 aliphatic heterocycles. The Hall–Kier alpha value is -3.37. The van der Waals surface area contributed by atoms with E-state index in [0.29, 0.717) is 0 Å². The van der Waals surface area contributed by atoms with Gasteiger partial charge in [0.25, 0.3) is 5.69 Å². The molecule has 2 heterocycles. The minimum atomic E-state index is -1.99. The van der Waals surface area contributed by atoms with Crippen molar-refractivity contribution in [3.8, 4) is 24.3 Å². The van der Waals surface area contributed by atoms with Crippen molar-refractivity contribution >= 4 is 17.4 Å². The largest absolute Gasteiger partial charge is 0.366 e. The highest BCUT2D eigenvalue weighted by atomic mass is 32.2. The van der Waals surface area contributed by atoms with Gasteiger partial charge in [0, 0.05) is 12.5 Å². The van der Waals surface area contributed by atoms with Crippen LogP contribution in [-0.4, -0.2) is 22.4 Å². The highest BCUT2D eigenvalue weighted by Crippen LogP contribution is 2.62. The third-order valence-electron chi connectivity index (χ3n) is 5.97. The molecular formula is C20H13N5O3S. The van der Waals surface area contributed by atoms with E-state index in [0.717, 1.165) is 35.7 Å². The first-order valence-corrected chi connectivity index (χ1v) is 9.78. The molecule has 1 saturated heterocycles. The number of nitriles is 4. The summed E-state index contributed by atoms with van der Waals surface area (Å²) < 4.78 is 5.97. The molecular weight excluding hydrogens is 390 g/mol. The number of hydrogen-bond acceptors (Lipinski definition) is 8. The molecule has 29 heavy (non-hydrogen) atoms. The maximum absolute atomic E-state index is 11.5. The molecule has 142 valence electrons. The lowest BCUT2D eigenvalue weighted by atomic mass is 9.55. The lowest BCUT2D eigenvalue weighted by molar-refractivity contribution is -0.387.